The maximum Gasteiger partial charge on any atom is 0.433 e. The first-order valence-electron chi connectivity index (χ1n) is 12.7. The molecule has 5 heterocycles. The number of hydrogen-bond donors (Lipinski definition) is 0. The molecule has 0 amide bonds. The summed E-state index contributed by atoms with van der Waals surface area (Å²) in [5.74, 6) is -0.785. The third kappa shape index (κ3) is 5.70. The molecule has 0 saturated carbocycles. The molecule has 44 heavy (non-hydrogen) atoms. The zero-order chi connectivity index (χ0) is 31.2. The van der Waals surface area contributed by atoms with E-state index in [-0.39, 0.29) is 44.7 Å². The van der Waals surface area contributed by atoms with Gasteiger partial charge in [0.25, 0.3) is 0 Å². The Morgan fingerprint density at radius 1 is 0.977 bits per heavy atom. The van der Waals surface area contributed by atoms with Crippen LogP contribution in [0.2, 0.25) is 10.2 Å². The molecule has 5 aromatic heterocycles. The Morgan fingerprint density at radius 2 is 1.80 bits per heavy atom. The van der Waals surface area contributed by atoms with Crippen LogP contribution in [-0.2, 0) is 19.6 Å². The van der Waals surface area contributed by atoms with E-state index in [1.807, 2.05) is 0 Å². The predicted octanol–water partition coefficient (Wildman–Crippen LogP) is 5.25. The second kappa shape index (κ2) is 11.3. The van der Waals surface area contributed by atoms with Crippen LogP contribution in [0, 0.1) is 11.0 Å². The molecule has 1 aromatic carbocycles. The van der Waals surface area contributed by atoms with Gasteiger partial charge in [0.15, 0.2) is 17.2 Å². The first-order chi connectivity index (χ1) is 21.0. The molecule has 0 spiro atoms. The Balaban J connectivity index is 1.42. The molecule has 1 atom stereocenters. The van der Waals surface area contributed by atoms with Gasteiger partial charge in [-0.1, -0.05) is 33.6 Å². The molecule has 6 rings (SSSR count). The second-order valence-electron chi connectivity index (χ2n) is 9.65. The fraction of sp³-hybridized carbons (Fsp3) is 0.148. The number of alkyl halides is 3. The van der Waals surface area contributed by atoms with Crippen molar-refractivity contribution in [3.63, 3.8) is 0 Å². The van der Waals surface area contributed by atoms with Crippen LogP contribution in [0.5, 0.6) is 0 Å². The Labute approximate surface area is 255 Å². The number of nitrogens with zero attached hydrogens (tertiary/aromatic N) is 10. The molecule has 0 bridgehead atoms. The van der Waals surface area contributed by atoms with E-state index >= 15 is 4.39 Å². The van der Waals surface area contributed by atoms with Gasteiger partial charge >= 0.3 is 6.18 Å². The van der Waals surface area contributed by atoms with Crippen molar-refractivity contribution in [1.82, 2.24) is 44.8 Å². The summed E-state index contributed by atoms with van der Waals surface area (Å²) in [6.45, 7) is 0. The molecule has 0 aliphatic heterocycles. The maximum absolute atomic E-state index is 15.4. The highest BCUT2D eigenvalue weighted by Crippen LogP contribution is 2.35. The fourth-order valence-corrected chi connectivity index (χ4v) is 4.99. The normalized spacial score (nSPS) is 12.5. The van der Waals surface area contributed by atoms with E-state index in [0.29, 0.717) is 16.0 Å². The average molecular weight is 645 g/mol. The lowest BCUT2D eigenvalue weighted by atomic mass is 10.0. The zero-order valence-corrected chi connectivity index (χ0v) is 23.9. The molecule has 17 heteroatoms. The quantitative estimate of drug-likeness (QED) is 0.132. The molecule has 224 valence electrons. The highest BCUT2D eigenvalue weighted by atomic mass is 35.5. The molecular weight excluding hydrogens is 627 g/mol. The van der Waals surface area contributed by atoms with E-state index in [0.717, 1.165) is 12.3 Å². The van der Waals surface area contributed by atoms with Crippen LogP contribution in [0.15, 0.2) is 73.6 Å². The van der Waals surface area contributed by atoms with E-state index < -0.39 is 23.7 Å². The van der Waals surface area contributed by atoms with Crippen LogP contribution in [0.3, 0.4) is 0 Å². The van der Waals surface area contributed by atoms with Gasteiger partial charge in [-0.15, -0.1) is 10.2 Å². The van der Waals surface area contributed by atoms with Gasteiger partial charge < -0.3 is 5.21 Å². The minimum Gasteiger partial charge on any atom is -0.618 e. The topological polar surface area (TPSA) is 119 Å². The number of aromatic nitrogens is 10. The molecule has 11 nitrogen and oxygen atoms in total. The van der Waals surface area contributed by atoms with Crippen molar-refractivity contribution in [2.45, 2.75) is 18.6 Å². The highest BCUT2D eigenvalue weighted by molar-refractivity contribution is 6.31. The summed E-state index contributed by atoms with van der Waals surface area (Å²) in [5.41, 5.74) is 0.671. The Hall–Kier alpha value is -4.89. The maximum atomic E-state index is 15.4. The van der Waals surface area contributed by atoms with E-state index in [1.54, 1.807) is 13.2 Å². The number of rotatable bonds is 7. The summed E-state index contributed by atoms with van der Waals surface area (Å²) in [5, 5.41) is 33.5. The zero-order valence-electron chi connectivity index (χ0n) is 22.4. The lowest BCUT2D eigenvalue weighted by molar-refractivity contribution is -0.615. The van der Waals surface area contributed by atoms with Gasteiger partial charge in [-0.25, -0.2) is 9.07 Å². The van der Waals surface area contributed by atoms with Crippen molar-refractivity contribution >= 4 is 23.2 Å². The van der Waals surface area contributed by atoms with E-state index in [1.165, 1.54) is 69.2 Å². The third-order valence-corrected chi connectivity index (χ3v) is 7.18. The summed E-state index contributed by atoms with van der Waals surface area (Å²) < 4.78 is 60.0. The van der Waals surface area contributed by atoms with Gasteiger partial charge in [0.2, 0.25) is 5.69 Å². The van der Waals surface area contributed by atoms with Gasteiger partial charge in [-0.3, -0.25) is 14.3 Å². The number of aryl methyl sites for hydroxylation is 1. The summed E-state index contributed by atoms with van der Waals surface area (Å²) in [4.78, 5) is 3.40. The van der Waals surface area contributed by atoms with E-state index in [9.17, 15) is 18.4 Å². The van der Waals surface area contributed by atoms with Crippen molar-refractivity contribution in [1.29, 1.82) is 0 Å². The summed E-state index contributed by atoms with van der Waals surface area (Å²) in [7, 11) is 1.68. The molecule has 0 unspecified atom stereocenters. The minimum atomic E-state index is -4.63. The van der Waals surface area contributed by atoms with Gasteiger partial charge in [0.1, 0.15) is 11.7 Å². The third-order valence-electron chi connectivity index (χ3n) is 6.72. The minimum absolute atomic E-state index is 0.0137. The lowest BCUT2D eigenvalue weighted by Crippen LogP contribution is -2.36. The van der Waals surface area contributed by atoms with Crippen molar-refractivity contribution in [2.75, 3.05) is 0 Å². The molecular formula is C27H18Cl2F4N10O. The molecule has 0 aliphatic carbocycles. The Bertz CT molecular complexity index is 1990. The predicted molar refractivity (Wildman–Crippen MR) is 149 cm³/mol. The summed E-state index contributed by atoms with van der Waals surface area (Å²) in [6, 6.07) is 7.45. The van der Waals surface area contributed by atoms with Crippen LogP contribution in [0.4, 0.5) is 17.6 Å². The molecule has 0 aliphatic rings. The Kier molecular flexibility index (Phi) is 7.51. The van der Waals surface area contributed by atoms with Crippen LogP contribution >= 0.6 is 23.2 Å². The van der Waals surface area contributed by atoms with Crippen LogP contribution < -0.4 is 4.73 Å². The van der Waals surface area contributed by atoms with Crippen molar-refractivity contribution in [3.05, 3.63) is 112 Å². The second-order valence-corrected chi connectivity index (χ2v) is 10.4. The van der Waals surface area contributed by atoms with Gasteiger partial charge in [0.05, 0.1) is 39.9 Å². The van der Waals surface area contributed by atoms with E-state index in [4.69, 9.17) is 23.2 Å². The lowest BCUT2D eigenvalue weighted by Gasteiger charge is -2.17. The molecule has 0 fully saturated rings. The van der Waals surface area contributed by atoms with Gasteiger partial charge in [-0.05, 0) is 35.9 Å². The molecule has 0 radical (unpaired) electrons. The van der Waals surface area contributed by atoms with Crippen molar-refractivity contribution in [3.8, 4) is 27.9 Å². The highest BCUT2D eigenvalue weighted by Gasteiger charge is 2.33. The van der Waals surface area contributed by atoms with Crippen LogP contribution in [0.25, 0.3) is 27.9 Å². The molecule has 6 aromatic rings. The number of hydrogen-bond acceptors (Lipinski definition) is 7. The first kappa shape index (κ1) is 29.2. The monoisotopic (exact) mass is 644 g/mol. The van der Waals surface area contributed by atoms with Gasteiger partial charge in [-0.2, -0.15) is 23.0 Å². The van der Waals surface area contributed by atoms with Crippen molar-refractivity contribution in [2.24, 2.45) is 7.05 Å². The van der Waals surface area contributed by atoms with Crippen LogP contribution in [-0.4, -0.2) is 44.8 Å². The number of pyridine rings is 2. The standard InChI is InChI=1S/C27H18Cl2F4N10O/c1-40-13-18(36-38-40)9-22(41-11-17(10-35-41)15-6-7-34-23(8-15)27(31,32)33)20-4-2-16(12-43(20)44)25-21(5-3-19(28)26(25)30)42-14-24(29)37-39-42/h2-8,10-14,22H,9H2,1H3/t22-/m1/s1. The molecule has 0 N–H and O–H groups in total. The van der Waals surface area contributed by atoms with Crippen molar-refractivity contribution < 1.29 is 22.3 Å². The average Bonchev–Trinajstić information content (AvgIpc) is 3.74. The SMILES string of the molecule is Cn1cc(C[C@H](c2ccc(-c3c(-n4cc(Cl)nn4)ccc(Cl)c3F)c[n+]2[O-])n2cc(-c3ccnc(C(F)(F)F)c3)cn2)nn1. The summed E-state index contributed by atoms with van der Waals surface area (Å²) in [6.07, 6.45) is 3.71. The number of halogens is 6. The summed E-state index contributed by atoms with van der Waals surface area (Å²) >= 11 is 12.0. The first-order valence-corrected chi connectivity index (χ1v) is 13.5. The van der Waals surface area contributed by atoms with Gasteiger partial charge in [0, 0.05) is 43.7 Å². The smallest absolute Gasteiger partial charge is 0.433 e. The fourth-order valence-electron chi connectivity index (χ4n) is 4.71. The largest absolute Gasteiger partial charge is 0.618 e. The molecule has 0 saturated heterocycles. The number of benzene rings is 1. The van der Waals surface area contributed by atoms with Crippen LogP contribution in [0.1, 0.15) is 23.1 Å². The Morgan fingerprint density at radius 3 is 2.48 bits per heavy atom. The van der Waals surface area contributed by atoms with E-state index in [2.05, 4.69) is 30.7 Å².